The zero-order valence-corrected chi connectivity index (χ0v) is 16.4. The van der Waals surface area contributed by atoms with E-state index in [-0.39, 0.29) is 17.3 Å². The standard InChI is InChI=1S/C18H24N2O3S2/c1-3-4-5-8-23-14(21)10-24-18-19-16(22)15-12-7-6-11(2)9-13(12)25-17(15)20-18/h11H,3-10H2,1-2H3,(H,19,20,22). The zero-order valence-electron chi connectivity index (χ0n) is 14.7. The van der Waals surface area contributed by atoms with Gasteiger partial charge in [0, 0.05) is 4.88 Å². The Morgan fingerprint density at radius 1 is 1.44 bits per heavy atom. The van der Waals surface area contributed by atoms with Gasteiger partial charge in [-0.2, -0.15) is 0 Å². The number of esters is 1. The predicted molar refractivity (Wildman–Crippen MR) is 103 cm³/mol. The van der Waals surface area contributed by atoms with Crippen molar-refractivity contribution < 1.29 is 9.53 Å². The molecule has 0 saturated heterocycles. The number of fused-ring (bicyclic) bond motifs is 3. The number of thiophene rings is 1. The summed E-state index contributed by atoms with van der Waals surface area (Å²) in [6.07, 6.45) is 6.17. The van der Waals surface area contributed by atoms with Gasteiger partial charge in [-0.1, -0.05) is 38.5 Å². The van der Waals surface area contributed by atoms with Crippen molar-refractivity contribution in [3.8, 4) is 0 Å². The zero-order chi connectivity index (χ0) is 17.8. The van der Waals surface area contributed by atoms with Crippen LogP contribution in [0.5, 0.6) is 0 Å². The van der Waals surface area contributed by atoms with Crippen LogP contribution in [0.4, 0.5) is 0 Å². The van der Waals surface area contributed by atoms with E-state index in [2.05, 4.69) is 23.8 Å². The number of aromatic nitrogens is 2. The fourth-order valence-electron chi connectivity index (χ4n) is 3.10. The Kier molecular flexibility index (Phi) is 6.17. The third-order valence-corrected chi connectivity index (χ3v) is 6.48. The topological polar surface area (TPSA) is 72.0 Å². The van der Waals surface area contributed by atoms with Crippen LogP contribution in [0.2, 0.25) is 0 Å². The first kappa shape index (κ1) is 18.5. The maximum absolute atomic E-state index is 12.5. The number of H-pyrrole nitrogens is 1. The van der Waals surface area contributed by atoms with Crippen LogP contribution in [0.25, 0.3) is 10.2 Å². The Hall–Kier alpha value is -1.34. The van der Waals surface area contributed by atoms with Gasteiger partial charge in [0.2, 0.25) is 0 Å². The molecule has 0 bridgehead atoms. The minimum Gasteiger partial charge on any atom is -0.465 e. The highest BCUT2D eigenvalue weighted by atomic mass is 32.2. The number of thioether (sulfide) groups is 1. The van der Waals surface area contributed by atoms with Crippen LogP contribution in [-0.4, -0.2) is 28.3 Å². The first-order valence-electron chi connectivity index (χ1n) is 8.91. The van der Waals surface area contributed by atoms with E-state index >= 15 is 0 Å². The van der Waals surface area contributed by atoms with Crippen molar-refractivity contribution in [2.24, 2.45) is 5.92 Å². The van der Waals surface area contributed by atoms with Crippen molar-refractivity contribution in [1.29, 1.82) is 0 Å². The summed E-state index contributed by atoms with van der Waals surface area (Å²) in [5, 5.41) is 1.24. The maximum atomic E-state index is 12.5. The lowest BCUT2D eigenvalue weighted by Crippen LogP contribution is -2.14. The minimum absolute atomic E-state index is 0.0872. The van der Waals surface area contributed by atoms with Gasteiger partial charge in [0.1, 0.15) is 4.83 Å². The summed E-state index contributed by atoms with van der Waals surface area (Å²) in [6, 6.07) is 0. The molecule has 136 valence electrons. The number of nitrogens with zero attached hydrogens (tertiary/aromatic N) is 1. The molecule has 1 atom stereocenters. The second-order valence-corrected chi connectivity index (χ2v) is 8.67. The van der Waals surface area contributed by atoms with Crippen LogP contribution in [0.3, 0.4) is 0 Å². The van der Waals surface area contributed by atoms with Crippen LogP contribution in [0, 0.1) is 5.92 Å². The number of nitrogens with one attached hydrogen (secondary N) is 1. The van der Waals surface area contributed by atoms with E-state index in [1.807, 2.05) is 0 Å². The van der Waals surface area contributed by atoms with E-state index in [1.165, 1.54) is 22.2 Å². The summed E-state index contributed by atoms with van der Waals surface area (Å²) in [5.74, 6) is 0.571. The molecule has 0 aromatic carbocycles. The van der Waals surface area contributed by atoms with Gasteiger partial charge >= 0.3 is 5.97 Å². The highest BCUT2D eigenvalue weighted by Gasteiger charge is 2.23. The molecule has 2 aromatic heterocycles. The van der Waals surface area contributed by atoms with Crippen molar-refractivity contribution in [2.45, 2.75) is 57.5 Å². The molecule has 5 nitrogen and oxygen atoms in total. The lowest BCUT2D eigenvalue weighted by Gasteiger charge is -2.17. The number of hydrogen-bond acceptors (Lipinski definition) is 6. The Labute approximate surface area is 155 Å². The second-order valence-electron chi connectivity index (χ2n) is 6.62. The van der Waals surface area contributed by atoms with Gasteiger partial charge in [0.15, 0.2) is 5.16 Å². The van der Waals surface area contributed by atoms with Crippen molar-refractivity contribution in [1.82, 2.24) is 9.97 Å². The van der Waals surface area contributed by atoms with E-state index in [0.717, 1.165) is 48.7 Å². The molecule has 0 saturated carbocycles. The van der Waals surface area contributed by atoms with E-state index in [9.17, 15) is 9.59 Å². The first-order valence-corrected chi connectivity index (χ1v) is 10.7. The molecule has 7 heteroatoms. The number of carbonyl (C=O) groups is 1. The maximum Gasteiger partial charge on any atom is 0.316 e. The molecule has 1 aliphatic rings. The Bertz CT molecular complexity index is 812. The predicted octanol–water partition coefficient (Wildman–Crippen LogP) is 3.93. The van der Waals surface area contributed by atoms with E-state index in [1.54, 1.807) is 11.3 Å². The summed E-state index contributed by atoms with van der Waals surface area (Å²) in [7, 11) is 0. The van der Waals surface area contributed by atoms with Crippen LogP contribution in [-0.2, 0) is 22.4 Å². The van der Waals surface area contributed by atoms with Crippen molar-refractivity contribution >= 4 is 39.3 Å². The second kappa shape index (κ2) is 8.36. The quantitative estimate of drug-likeness (QED) is 0.341. The molecule has 2 heterocycles. The SMILES string of the molecule is CCCCCOC(=O)CSc1nc2sc3c(c2c(=O)[nH]1)CCC(C)C3. The van der Waals surface area contributed by atoms with Crippen LogP contribution >= 0.6 is 23.1 Å². The van der Waals surface area contributed by atoms with E-state index < -0.39 is 0 Å². The smallest absolute Gasteiger partial charge is 0.316 e. The molecular formula is C18H24N2O3S2. The average molecular weight is 381 g/mol. The fraction of sp³-hybridized carbons (Fsp3) is 0.611. The highest BCUT2D eigenvalue weighted by molar-refractivity contribution is 7.99. The molecule has 25 heavy (non-hydrogen) atoms. The third-order valence-electron chi connectivity index (χ3n) is 4.48. The Morgan fingerprint density at radius 3 is 3.08 bits per heavy atom. The molecule has 3 rings (SSSR count). The van der Waals surface area contributed by atoms with Crippen LogP contribution < -0.4 is 5.56 Å². The molecule has 0 fully saturated rings. The molecule has 0 aliphatic heterocycles. The summed E-state index contributed by atoms with van der Waals surface area (Å²) in [6.45, 7) is 4.82. The largest absolute Gasteiger partial charge is 0.465 e. The number of rotatable bonds is 7. The fourth-order valence-corrected chi connectivity index (χ4v) is 5.20. The lowest BCUT2D eigenvalue weighted by molar-refractivity contribution is -0.140. The molecular weight excluding hydrogens is 356 g/mol. The summed E-state index contributed by atoms with van der Waals surface area (Å²) >= 11 is 2.86. The monoisotopic (exact) mass is 380 g/mol. The summed E-state index contributed by atoms with van der Waals surface area (Å²) in [4.78, 5) is 33.7. The number of aromatic amines is 1. The van der Waals surface area contributed by atoms with Crippen molar-refractivity contribution in [3.63, 3.8) is 0 Å². The molecule has 1 aliphatic carbocycles. The van der Waals surface area contributed by atoms with Crippen molar-refractivity contribution in [2.75, 3.05) is 12.4 Å². The Morgan fingerprint density at radius 2 is 2.28 bits per heavy atom. The van der Waals surface area contributed by atoms with Gasteiger partial charge in [-0.25, -0.2) is 4.98 Å². The molecule has 0 spiro atoms. The number of unbranched alkanes of at least 4 members (excludes halogenated alkanes) is 2. The third kappa shape index (κ3) is 4.44. The summed E-state index contributed by atoms with van der Waals surface area (Å²) < 4.78 is 5.18. The van der Waals surface area contributed by atoms with Gasteiger partial charge in [-0.05, 0) is 37.2 Å². The normalized spacial score (nSPS) is 16.8. The highest BCUT2D eigenvalue weighted by Crippen LogP contribution is 2.36. The molecule has 0 radical (unpaired) electrons. The van der Waals surface area contributed by atoms with Crippen LogP contribution in [0.1, 0.15) is 50.0 Å². The van der Waals surface area contributed by atoms with Gasteiger partial charge in [-0.3, -0.25) is 9.59 Å². The van der Waals surface area contributed by atoms with Crippen LogP contribution in [0.15, 0.2) is 9.95 Å². The Balaban J connectivity index is 1.67. The number of ether oxygens (including phenoxy) is 1. The average Bonchev–Trinajstić information content (AvgIpc) is 2.94. The van der Waals surface area contributed by atoms with E-state index in [4.69, 9.17) is 4.74 Å². The first-order chi connectivity index (χ1) is 12.1. The summed E-state index contributed by atoms with van der Waals surface area (Å²) in [5.41, 5.74) is 1.09. The minimum atomic E-state index is -0.261. The number of aryl methyl sites for hydroxylation is 1. The van der Waals surface area contributed by atoms with Gasteiger partial charge in [0.05, 0.1) is 17.7 Å². The number of carbonyl (C=O) groups excluding carboxylic acids is 1. The number of hydrogen-bond donors (Lipinski definition) is 1. The van der Waals surface area contributed by atoms with Crippen molar-refractivity contribution in [3.05, 3.63) is 20.8 Å². The van der Waals surface area contributed by atoms with Gasteiger partial charge < -0.3 is 9.72 Å². The molecule has 0 amide bonds. The molecule has 1 N–H and O–H groups in total. The molecule has 1 unspecified atom stereocenters. The van der Waals surface area contributed by atoms with E-state index in [0.29, 0.717) is 17.7 Å². The van der Waals surface area contributed by atoms with Gasteiger partial charge in [0.25, 0.3) is 5.56 Å². The van der Waals surface area contributed by atoms with Gasteiger partial charge in [-0.15, -0.1) is 11.3 Å². The molecule has 2 aromatic rings. The lowest BCUT2D eigenvalue weighted by atomic mass is 9.89.